The fraction of sp³-hybridized carbons (Fsp3) is 0.517. The van der Waals surface area contributed by atoms with Crippen LogP contribution in [0.1, 0.15) is 61.1 Å². The molecule has 0 spiro atoms. The van der Waals surface area contributed by atoms with Gasteiger partial charge in [-0.25, -0.2) is 4.79 Å². The van der Waals surface area contributed by atoms with E-state index in [1.165, 1.54) is 11.1 Å². The summed E-state index contributed by atoms with van der Waals surface area (Å²) in [5.74, 6) is 0.812. The van der Waals surface area contributed by atoms with Gasteiger partial charge in [-0.15, -0.1) is 0 Å². The van der Waals surface area contributed by atoms with Crippen molar-refractivity contribution >= 4 is 17.6 Å². The Morgan fingerprint density at radius 3 is 2.70 bits per heavy atom. The Balaban J connectivity index is 1.13. The number of carbonyl (C=O) groups excluding carboxylic acids is 2. The van der Waals surface area contributed by atoms with Crippen LogP contribution in [0.2, 0.25) is 0 Å². The highest BCUT2D eigenvalue weighted by Crippen LogP contribution is 2.47. The highest BCUT2D eigenvalue weighted by Gasteiger charge is 2.46. The van der Waals surface area contributed by atoms with Crippen LogP contribution in [0, 0.1) is 0 Å². The lowest BCUT2D eigenvalue weighted by Gasteiger charge is -2.38. The van der Waals surface area contributed by atoms with E-state index < -0.39 is 6.10 Å². The van der Waals surface area contributed by atoms with E-state index in [-0.39, 0.29) is 49.1 Å². The van der Waals surface area contributed by atoms with E-state index in [2.05, 4.69) is 22.8 Å². The third-order valence-electron chi connectivity index (χ3n) is 8.33. The molecule has 3 aliphatic heterocycles. The molecule has 0 aromatic heterocycles. The van der Waals surface area contributed by atoms with E-state index in [0.717, 1.165) is 43.4 Å². The quantitative estimate of drug-likeness (QED) is 0.575. The third-order valence-corrected chi connectivity index (χ3v) is 8.33. The van der Waals surface area contributed by atoms with E-state index in [0.29, 0.717) is 25.2 Å². The smallest absolute Gasteiger partial charge is 0.319 e. The van der Waals surface area contributed by atoms with E-state index in [4.69, 9.17) is 9.47 Å². The summed E-state index contributed by atoms with van der Waals surface area (Å²) < 4.78 is 12.4. The van der Waals surface area contributed by atoms with E-state index in [9.17, 15) is 14.7 Å². The first kappa shape index (κ1) is 24.2. The Bertz CT molecular complexity index is 1160. The second-order valence-corrected chi connectivity index (χ2v) is 10.8. The minimum Gasteiger partial charge on any atom is -0.487 e. The van der Waals surface area contributed by atoms with Gasteiger partial charge in [-0.3, -0.25) is 4.79 Å². The second-order valence-electron chi connectivity index (χ2n) is 10.8. The zero-order valence-electron chi connectivity index (χ0n) is 21.0. The molecule has 2 fully saturated rings. The van der Waals surface area contributed by atoms with Crippen LogP contribution in [0.25, 0.3) is 0 Å². The molecule has 2 aromatic carbocycles. The molecule has 8 heteroatoms. The van der Waals surface area contributed by atoms with Crippen molar-refractivity contribution in [3.8, 4) is 5.75 Å². The third kappa shape index (κ3) is 5.05. The molecule has 37 heavy (non-hydrogen) atoms. The zero-order valence-corrected chi connectivity index (χ0v) is 21.0. The Morgan fingerprint density at radius 2 is 1.89 bits per heavy atom. The van der Waals surface area contributed by atoms with Crippen molar-refractivity contribution in [3.05, 3.63) is 59.2 Å². The summed E-state index contributed by atoms with van der Waals surface area (Å²) in [6.45, 7) is 1.16. The SMILES string of the molecule is O=C(Nc1ccc2c(c1)[C@@H]1C[C@@H](CC(=O)N3CCc4ccccc4C3)O[C@@H](CO)[C@@H]1O2)NC1CCCC1. The molecule has 4 aliphatic rings. The number of aliphatic hydroxyl groups excluding tert-OH is 1. The molecule has 0 bridgehead atoms. The fourth-order valence-corrected chi connectivity index (χ4v) is 6.42. The molecule has 4 atom stereocenters. The molecule has 3 heterocycles. The zero-order chi connectivity index (χ0) is 25.4. The van der Waals surface area contributed by atoms with Crippen molar-refractivity contribution < 1.29 is 24.2 Å². The van der Waals surface area contributed by atoms with E-state index in [1.807, 2.05) is 35.2 Å². The lowest BCUT2D eigenvalue weighted by Crippen LogP contribution is -2.48. The molecule has 1 saturated carbocycles. The average Bonchev–Trinajstić information content (AvgIpc) is 3.55. The number of anilines is 1. The predicted molar refractivity (Wildman–Crippen MR) is 139 cm³/mol. The van der Waals surface area contributed by atoms with Gasteiger partial charge in [0.25, 0.3) is 0 Å². The number of fused-ring (bicyclic) bond motifs is 4. The Labute approximate surface area is 217 Å². The summed E-state index contributed by atoms with van der Waals surface area (Å²) in [7, 11) is 0. The van der Waals surface area contributed by atoms with Gasteiger partial charge in [0.15, 0.2) is 0 Å². The van der Waals surface area contributed by atoms with E-state index >= 15 is 0 Å². The summed E-state index contributed by atoms with van der Waals surface area (Å²) >= 11 is 0. The molecule has 0 radical (unpaired) electrons. The first-order valence-corrected chi connectivity index (χ1v) is 13.6. The topological polar surface area (TPSA) is 100 Å². The molecular formula is C29H35N3O5. The second kappa shape index (κ2) is 10.3. The summed E-state index contributed by atoms with van der Waals surface area (Å²) in [5.41, 5.74) is 4.22. The van der Waals surface area contributed by atoms with Crippen molar-refractivity contribution in [2.24, 2.45) is 0 Å². The minimum absolute atomic E-state index is 0.0135. The monoisotopic (exact) mass is 505 g/mol. The molecule has 1 aliphatic carbocycles. The van der Waals surface area contributed by atoms with Gasteiger partial charge in [-0.1, -0.05) is 37.1 Å². The maximum atomic E-state index is 13.2. The van der Waals surface area contributed by atoms with Crippen molar-refractivity contribution in [3.63, 3.8) is 0 Å². The molecular weight excluding hydrogens is 470 g/mol. The normalized spacial score (nSPS) is 26.6. The van der Waals surface area contributed by atoms with Crippen LogP contribution in [0.15, 0.2) is 42.5 Å². The molecule has 2 aromatic rings. The lowest BCUT2D eigenvalue weighted by atomic mass is 9.84. The number of ether oxygens (including phenoxy) is 2. The van der Waals surface area contributed by atoms with Crippen LogP contribution in [0.4, 0.5) is 10.5 Å². The maximum Gasteiger partial charge on any atom is 0.319 e. The highest BCUT2D eigenvalue weighted by atomic mass is 16.6. The van der Waals surface area contributed by atoms with Crippen LogP contribution in [0.5, 0.6) is 5.75 Å². The number of hydrogen-bond donors (Lipinski definition) is 3. The van der Waals surface area contributed by atoms with Gasteiger partial charge in [0.05, 0.1) is 19.1 Å². The highest BCUT2D eigenvalue weighted by molar-refractivity contribution is 5.89. The van der Waals surface area contributed by atoms with Gasteiger partial charge in [-0.2, -0.15) is 0 Å². The maximum absolute atomic E-state index is 13.2. The average molecular weight is 506 g/mol. The number of nitrogens with zero attached hydrogens (tertiary/aromatic N) is 1. The Hall–Kier alpha value is -3.10. The Morgan fingerprint density at radius 1 is 1.08 bits per heavy atom. The molecule has 3 amide bonds. The predicted octanol–water partition coefficient (Wildman–Crippen LogP) is 3.72. The first-order valence-electron chi connectivity index (χ1n) is 13.6. The van der Waals surface area contributed by atoms with Crippen molar-refractivity contribution in [1.82, 2.24) is 10.2 Å². The fourth-order valence-electron chi connectivity index (χ4n) is 6.42. The molecule has 6 rings (SSSR count). The lowest BCUT2D eigenvalue weighted by molar-refractivity contribution is -0.149. The summed E-state index contributed by atoms with van der Waals surface area (Å²) in [4.78, 5) is 27.6. The van der Waals surface area contributed by atoms with Crippen LogP contribution in [-0.2, 0) is 22.5 Å². The molecule has 196 valence electrons. The number of rotatable bonds is 5. The number of urea groups is 1. The van der Waals surface area contributed by atoms with Crippen molar-refractivity contribution in [2.75, 3.05) is 18.5 Å². The standard InChI is InChI=1S/C29H35N3O5/c33-17-26-28-24(14-22(36-26)15-27(34)32-12-11-18-5-1-2-6-19(18)16-32)23-13-21(9-10-25(23)37-28)31-29(35)30-20-7-3-4-8-20/h1-2,5-6,9-10,13,20,22,24,26,28,33H,3-4,7-8,11-12,14-17H2,(H2,30,31,35)/t22-,24-,26-,28+/m0/s1. The van der Waals surface area contributed by atoms with Crippen molar-refractivity contribution in [1.29, 1.82) is 0 Å². The number of aliphatic hydroxyl groups is 1. The molecule has 8 nitrogen and oxygen atoms in total. The molecule has 0 unspecified atom stereocenters. The van der Waals surface area contributed by atoms with Crippen LogP contribution in [0.3, 0.4) is 0 Å². The Kier molecular flexibility index (Phi) is 6.78. The minimum atomic E-state index is -0.506. The number of amides is 3. The van der Waals surface area contributed by atoms with Crippen LogP contribution >= 0.6 is 0 Å². The van der Waals surface area contributed by atoms with Gasteiger partial charge in [0.1, 0.15) is 18.0 Å². The van der Waals surface area contributed by atoms with Crippen molar-refractivity contribution in [2.45, 2.75) is 81.8 Å². The van der Waals surface area contributed by atoms with Gasteiger partial charge in [0, 0.05) is 36.3 Å². The number of benzene rings is 2. The molecule has 3 N–H and O–H groups in total. The van der Waals surface area contributed by atoms with Gasteiger partial charge in [-0.05, 0) is 55.0 Å². The number of carbonyl (C=O) groups is 2. The van der Waals surface area contributed by atoms with Crippen LogP contribution < -0.4 is 15.4 Å². The van der Waals surface area contributed by atoms with Gasteiger partial charge >= 0.3 is 6.03 Å². The number of nitrogens with one attached hydrogen (secondary N) is 2. The van der Waals surface area contributed by atoms with E-state index in [1.54, 1.807) is 0 Å². The van der Waals surface area contributed by atoms with Crippen LogP contribution in [-0.4, -0.2) is 59.5 Å². The number of hydrogen-bond acceptors (Lipinski definition) is 5. The largest absolute Gasteiger partial charge is 0.487 e. The van der Waals surface area contributed by atoms with Gasteiger partial charge in [0.2, 0.25) is 5.91 Å². The summed E-state index contributed by atoms with van der Waals surface area (Å²) in [6.07, 6.45) is 5.02. The first-order chi connectivity index (χ1) is 18.1. The molecule has 1 saturated heterocycles. The van der Waals surface area contributed by atoms with Gasteiger partial charge < -0.3 is 30.1 Å². The summed E-state index contributed by atoms with van der Waals surface area (Å²) in [5, 5.41) is 16.1. The summed E-state index contributed by atoms with van der Waals surface area (Å²) in [6, 6.07) is 14.0.